The summed E-state index contributed by atoms with van der Waals surface area (Å²) in [5, 5.41) is 15.1. The number of aliphatic carboxylic acids is 1. The van der Waals surface area contributed by atoms with E-state index in [1.54, 1.807) is 0 Å². The van der Waals surface area contributed by atoms with E-state index in [2.05, 4.69) is 31.4 Å². The monoisotopic (exact) mass is 298 g/mol. The van der Waals surface area contributed by atoms with E-state index < -0.39 is 5.97 Å². The van der Waals surface area contributed by atoms with Crippen LogP contribution in [0.5, 0.6) is 0 Å². The molecule has 1 amide bonds. The highest BCUT2D eigenvalue weighted by Crippen LogP contribution is 2.32. The quantitative estimate of drug-likeness (QED) is 0.673. The molecule has 2 atom stereocenters. The van der Waals surface area contributed by atoms with Crippen LogP contribution in [0.25, 0.3) is 0 Å². The number of amides is 1. The lowest BCUT2D eigenvalue weighted by atomic mass is 9.76. The predicted octanol–water partition coefficient (Wildman–Crippen LogP) is 2.16. The minimum Gasteiger partial charge on any atom is -0.481 e. The zero-order valence-corrected chi connectivity index (χ0v) is 13.6. The third-order valence-corrected chi connectivity index (χ3v) is 4.35. The number of hydrogen-bond donors (Lipinski definition) is 3. The Bertz CT molecular complexity index is 344. The van der Waals surface area contributed by atoms with Crippen LogP contribution in [0.2, 0.25) is 0 Å². The first kappa shape index (κ1) is 18.0. The number of hydrogen-bond acceptors (Lipinski definition) is 3. The van der Waals surface area contributed by atoms with Crippen molar-refractivity contribution < 1.29 is 14.7 Å². The van der Waals surface area contributed by atoms with Crippen molar-refractivity contribution in [1.29, 1.82) is 0 Å². The number of carbonyl (C=O) groups is 2. The minimum absolute atomic E-state index is 0.0501. The molecule has 0 radical (unpaired) electrons. The maximum absolute atomic E-state index is 12.0. The number of carboxylic acids is 1. The molecule has 1 fully saturated rings. The van der Waals surface area contributed by atoms with Gasteiger partial charge in [-0.15, -0.1) is 0 Å². The number of nitrogens with one attached hydrogen (secondary N) is 2. The van der Waals surface area contributed by atoms with Crippen molar-refractivity contribution in [3.63, 3.8) is 0 Å². The number of carbonyl (C=O) groups excluding carboxylic acids is 1. The predicted molar refractivity (Wildman–Crippen MR) is 83.1 cm³/mol. The molecular weight excluding hydrogens is 268 g/mol. The van der Waals surface area contributed by atoms with E-state index in [9.17, 15) is 9.59 Å². The Morgan fingerprint density at radius 3 is 2.52 bits per heavy atom. The van der Waals surface area contributed by atoms with Crippen LogP contribution in [0, 0.1) is 11.3 Å². The van der Waals surface area contributed by atoms with Gasteiger partial charge in [-0.2, -0.15) is 0 Å². The fraction of sp³-hybridized carbons (Fsp3) is 0.875. The summed E-state index contributed by atoms with van der Waals surface area (Å²) in [6.45, 7) is 7.93. The van der Waals surface area contributed by atoms with Gasteiger partial charge in [0, 0.05) is 13.0 Å². The third-order valence-electron chi connectivity index (χ3n) is 4.35. The van der Waals surface area contributed by atoms with Crippen molar-refractivity contribution in [2.24, 2.45) is 11.3 Å². The smallest absolute Gasteiger partial charge is 0.303 e. The molecule has 0 saturated carbocycles. The van der Waals surface area contributed by atoms with E-state index in [0.29, 0.717) is 18.9 Å². The molecule has 2 unspecified atom stereocenters. The summed E-state index contributed by atoms with van der Waals surface area (Å²) in [6.07, 6.45) is 4.85. The molecule has 122 valence electrons. The lowest BCUT2D eigenvalue weighted by molar-refractivity contribution is -0.137. The highest BCUT2D eigenvalue weighted by Gasteiger charge is 2.26. The van der Waals surface area contributed by atoms with Crippen LogP contribution in [-0.4, -0.2) is 36.1 Å². The van der Waals surface area contributed by atoms with Crippen LogP contribution >= 0.6 is 0 Å². The molecule has 3 N–H and O–H groups in total. The molecule has 1 heterocycles. The Morgan fingerprint density at radius 1 is 1.29 bits per heavy atom. The second kappa shape index (κ2) is 8.37. The van der Waals surface area contributed by atoms with Crippen molar-refractivity contribution in [2.75, 3.05) is 13.1 Å². The van der Waals surface area contributed by atoms with Gasteiger partial charge >= 0.3 is 5.97 Å². The molecule has 1 rings (SSSR count). The van der Waals surface area contributed by atoms with Crippen LogP contribution < -0.4 is 10.6 Å². The summed E-state index contributed by atoms with van der Waals surface area (Å²) in [6, 6.07) is -0.0501. The Balaban J connectivity index is 2.34. The van der Waals surface area contributed by atoms with Gasteiger partial charge in [0.25, 0.3) is 0 Å². The first-order chi connectivity index (χ1) is 9.80. The van der Waals surface area contributed by atoms with E-state index in [1.165, 1.54) is 0 Å². The Hall–Kier alpha value is -1.10. The molecule has 5 heteroatoms. The van der Waals surface area contributed by atoms with Crippen LogP contribution in [0.1, 0.15) is 59.3 Å². The Morgan fingerprint density at radius 2 is 2.00 bits per heavy atom. The molecule has 1 aliphatic heterocycles. The largest absolute Gasteiger partial charge is 0.481 e. The van der Waals surface area contributed by atoms with Crippen LogP contribution in [0.15, 0.2) is 0 Å². The maximum atomic E-state index is 12.0. The van der Waals surface area contributed by atoms with E-state index in [1.807, 2.05) is 0 Å². The summed E-state index contributed by atoms with van der Waals surface area (Å²) < 4.78 is 0. The maximum Gasteiger partial charge on any atom is 0.303 e. The second-order valence-corrected chi connectivity index (χ2v) is 7.08. The van der Waals surface area contributed by atoms with Crippen molar-refractivity contribution in [3.05, 3.63) is 0 Å². The molecule has 1 aliphatic rings. The van der Waals surface area contributed by atoms with Crippen molar-refractivity contribution in [1.82, 2.24) is 10.6 Å². The summed E-state index contributed by atoms with van der Waals surface area (Å²) in [4.78, 5) is 22.8. The van der Waals surface area contributed by atoms with Gasteiger partial charge in [-0.1, -0.05) is 27.2 Å². The van der Waals surface area contributed by atoms with Gasteiger partial charge in [0.1, 0.15) is 0 Å². The fourth-order valence-corrected chi connectivity index (χ4v) is 2.88. The topological polar surface area (TPSA) is 78.4 Å². The first-order valence-corrected chi connectivity index (χ1v) is 8.03. The number of piperidine rings is 1. The molecular formula is C16H30N2O3. The normalized spacial score (nSPS) is 20.8. The zero-order valence-electron chi connectivity index (χ0n) is 13.6. The van der Waals surface area contributed by atoms with Gasteiger partial charge in [-0.05, 0) is 43.6 Å². The van der Waals surface area contributed by atoms with Gasteiger partial charge in [-0.25, -0.2) is 0 Å². The van der Waals surface area contributed by atoms with Gasteiger partial charge < -0.3 is 15.7 Å². The summed E-state index contributed by atoms with van der Waals surface area (Å²) >= 11 is 0. The van der Waals surface area contributed by atoms with E-state index >= 15 is 0 Å². The molecule has 1 saturated heterocycles. The highest BCUT2D eigenvalue weighted by atomic mass is 16.4. The van der Waals surface area contributed by atoms with Crippen molar-refractivity contribution in [2.45, 2.75) is 65.3 Å². The number of rotatable bonds is 7. The molecule has 0 bridgehead atoms. The molecule has 0 aromatic rings. The third kappa shape index (κ3) is 6.93. The van der Waals surface area contributed by atoms with Crippen LogP contribution in [0.4, 0.5) is 0 Å². The first-order valence-electron chi connectivity index (χ1n) is 8.03. The lowest BCUT2D eigenvalue weighted by Gasteiger charge is -2.31. The SMILES string of the molecule is CC(C)(C)C(CCNC(=O)C1CCCCN1)CCC(=O)O. The Labute approximate surface area is 127 Å². The minimum atomic E-state index is -0.750. The van der Waals surface area contributed by atoms with Gasteiger partial charge in [0.15, 0.2) is 0 Å². The van der Waals surface area contributed by atoms with Gasteiger partial charge in [0.2, 0.25) is 5.91 Å². The van der Waals surface area contributed by atoms with Gasteiger partial charge in [-0.3, -0.25) is 9.59 Å². The lowest BCUT2D eigenvalue weighted by Crippen LogP contribution is -2.47. The highest BCUT2D eigenvalue weighted by molar-refractivity contribution is 5.81. The zero-order chi connectivity index (χ0) is 15.9. The van der Waals surface area contributed by atoms with Crippen LogP contribution in [0.3, 0.4) is 0 Å². The molecule has 0 spiro atoms. The number of carboxylic acid groups (broad SMARTS) is 1. The molecule has 5 nitrogen and oxygen atoms in total. The van der Waals surface area contributed by atoms with Crippen molar-refractivity contribution in [3.8, 4) is 0 Å². The summed E-state index contributed by atoms with van der Waals surface area (Å²) in [7, 11) is 0. The Kier molecular flexibility index (Phi) is 7.15. The summed E-state index contributed by atoms with van der Waals surface area (Å²) in [5.74, 6) is -0.367. The average molecular weight is 298 g/mol. The molecule has 0 aromatic heterocycles. The molecule has 0 aromatic carbocycles. The van der Waals surface area contributed by atoms with Crippen molar-refractivity contribution >= 4 is 11.9 Å². The van der Waals surface area contributed by atoms with E-state index in [0.717, 1.165) is 32.2 Å². The van der Waals surface area contributed by atoms with Gasteiger partial charge in [0.05, 0.1) is 6.04 Å². The average Bonchev–Trinajstić information content (AvgIpc) is 2.41. The molecule has 0 aliphatic carbocycles. The molecule has 21 heavy (non-hydrogen) atoms. The van der Waals surface area contributed by atoms with E-state index in [4.69, 9.17) is 5.11 Å². The van der Waals surface area contributed by atoms with Crippen LogP contribution in [-0.2, 0) is 9.59 Å². The van der Waals surface area contributed by atoms with E-state index in [-0.39, 0.29) is 23.8 Å². The standard InChI is InChI=1S/C16H30N2O3/c1-16(2,3)12(7-8-14(19)20)9-11-18-15(21)13-6-4-5-10-17-13/h12-13,17H,4-11H2,1-3H3,(H,18,21)(H,19,20). The second-order valence-electron chi connectivity index (χ2n) is 7.08. The fourth-order valence-electron chi connectivity index (χ4n) is 2.88. The summed E-state index contributed by atoms with van der Waals surface area (Å²) in [5.41, 5.74) is 0.0588.